The van der Waals surface area contributed by atoms with E-state index < -0.39 is 29.6 Å². The summed E-state index contributed by atoms with van der Waals surface area (Å²) >= 11 is 0. The first-order valence-electron chi connectivity index (χ1n) is 12.1. The fourth-order valence-electron chi connectivity index (χ4n) is 4.34. The minimum absolute atomic E-state index is 0.0843. The Hall–Kier alpha value is -4.16. The molecule has 1 atom stereocenters. The molecule has 0 bridgehead atoms. The van der Waals surface area contributed by atoms with E-state index in [4.69, 9.17) is 4.52 Å². The van der Waals surface area contributed by atoms with Crippen LogP contribution in [0.3, 0.4) is 0 Å². The second kappa shape index (κ2) is 9.86. The Morgan fingerprint density at radius 3 is 2.44 bits per heavy atom. The molecule has 1 unspecified atom stereocenters. The van der Waals surface area contributed by atoms with Crippen molar-refractivity contribution in [3.05, 3.63) is 77.1 Å². The number of carbonyl (C=O) groups excluding carboxylic acids is 1. The molecule has 0 radical (unpaired) electrons. The predicted molar refractivity (Wildman–Crippen MR) is 129 cm³/mol. The number of alkyl halides is 4. The molecule has 1 N–H and O–H groups in total. The van der Waals surface area contributed by atoms with Gasteiger partial charge in [-0.1, -0.05) is 17.3 Å². The van der Waals surface area contributed by atoms with Crippen LogP contribution in [0.4, 0.5) is 27.8 Å². The summed E-state index contributed by atoms with van der Waals surface area (Å²) in [6.45, 7) is 3.15. The van der Waals surface area contributed by atoms with Crippen LogP contribution in [0.1, 0.15) is 54.5 Å². The van der Waals surface area contributed by atoms with Crippen molar-refractivity contribution in [3.8, 4) is 11.1 Å². The third-order valence-electron chi connectivity index (χ3n) is 6.82. The number of carbonyl (C=O) groups is 1. The lowest BCUT2D eigenvalue weighted by Crippen LogP contribution is -2.28. The highest BCUT2D eigenvalue weighted by Crippen LogP contribution is 2.59. The molecule has 4 aromatic rings. The predicted octanol–water partition coefficient (Wildman–Crippen LogP) is 5.63. The monoisotopic (exact) mass is 546 g/mol. The number of nitrogens with one attached hydrogen (secondary N) is 1. The van der Waals surface area contributed by atoms with Crippen LogP contribution in [-0.4, -0.2) is 37.0 Å². The Morgan fingerprint density at radius 1 is 1.13 bits per heavy atom. The molecule has 39 heavy (non-hydrogen) atoms. The second-order valence-electron chi connectivity index (χ2n) is 9.53. The summed E-state index contributed by atoms with van der Waals surface area (Å²) in [5.74, 6) is -1.34. The lowest BCUT2D eigenvalue weighted by Gasteiger charge is -2.14. The normalized spacial score (nSPS) is 15.3. The van der Waals surface area contributed by atoms with Gasteiger partial charge < -0.3 is 9.84 Å². The van der Waals surface area contributed by atoms with Crippen LogP contribution in [0, 0.1) is 12.7 Å². The fourth-order valence-corrected chi connectivity index (χ4v) is 4.34. The van der Waals surface area contributed by atoms with Gasteiger partial charge in [0.15, 0.2) is 17.9 Å². The molecule has 1 saturated carbocycles. The topological polar surface area (TPSA) is 98.7 Å². The van der Waals surface area contributed by atoms with Crippen LogP contribution in [0.15, 0.2) is 47.4 Å². The maximum atomic E-state index is 14.8. The molecule has 0 saturated heterocycles. The van der Waals surface area contributed by atoms with Crippen LogP contribution in [0.2, 0.25) is 0 Å². The average molecular weight is 547 g/mol. The zero-order valence-electron chi connectivity index (χ0n) is 20.9. The summed E-state index contributed by atoms with van der Waals surface area (Å²) in [5, 5.41) is 9.88. The number of hydrogen-bond acceptors (Lipinski definition) is 6. The Balaban J connectivity index is 1.21. The quantitative estimate of drug-likeness (QED) is 0.288. The average Bonchev–Trinajstić information content (AvgIpc) is 3.46. The van der Waals surface area contributed by atoms with Crippen molar-refractivity contribution < 1.29 is 31.3 Å². The van der Waals surface area contributed by atoms with Crippen LogP contribution in [0.5, 0.6) is 0 Å². The SMILES string of the molecule is Cc1c(Cc2ncc(-c3ccc(CC(=O)Nc4cc(C5(C(F)(F)F)CC5)on4)c(F)c3)cn2)cnn1C(C)F. The molecule has 1 amide bonds. The van der Waals surface area contributed by atoms with Gasteiger partial charge in [-0.2, -0.15) is 18.3 Å². The number of aromatic nitrogens is 5. The largest absolute Gasteiger partial charge is 0.401 e. The molecule has 1 aliphatic carbocycles. The molecular formula is C26H23F5N6O2. The molecule has 204 valence electrons. The summed E-state index contributed by atoms with van der Waals surface area (Å²) in [6.07, 6.45) is -1.29. The number of nitrogens with zero attached hydrogens (tertiary/aromatic N) is 5. The summed E-state index contributed by atoms with van der Waals surface area (Å²) < 4.78 is 74.2. The molecule has 0 aliphatic heterocycles. The van der Waals surface area contributed by atoms with Crippen molar-refractivity contribution in [2.75, 3.05) is 5.32 Å². The molecule has 1 fully saturated rings. The minimum atomic E-state index is -4.47. The molecule has 5 rings (SSSR count). The number of amides is 1. The van der Waals surface area contributed by atoms with Gasteiger partial charge in [-0.3, -0.25) is 4.79 Å². The van der Waals surface area contributed by atoms with Gasteiger partial charge in [-0.05, 0) is 43.9 Å². The van der Waals surface area contributed by atoms with Gasteiger partial charge in [0.05, 0.1) is 12.6 Å². The van der Waals surface area contributed by atoms with Gasteiger partial charge in [0.2, 0.25) is 5.91 Å². The van der Waals surface area contributed by atoms with Crippen molar-refractivity contribution in [2.45, 2.75) is 57.4 Å². The zero-order chi connectivity index (χ0) is 27.9. The van der Waals surface area contributed by atoms with Crippen molar-refractivity contribution in [3.63, 3.8) is 0 Å². The van der Waals surface area contributed by atoms with Crippen molar-refractivity contribution >= 4 is 11.7 Å². The summed E-state index contributed by atoms with van der Waals surface area (Å²) in [7, 11) is 0. The first kappa shape index (κ1) is 26.4. The van der Waals surface area contributed by atoms with Crippen LogP contribution >= 0.6 is 0 Å². The highest BCUT2D eigenvalue weighted by molar-refractivity contribution is 5.91. The van der Waals surface area contributed by atoms with Gasteiger partial charge in [-0.25, -0.2) is 23.4 Å². The maximum absolute atomic E-state index is 14.8. The molecule has 0 spiro atoms. The smallest absolute Gasteiger partial charge is 0.358 e. The Kier molecular flexibility index (Phi) is 6.69. The van der Waals surface area contributed by atoms with Gasteiger partial charge in [0.1, 0.15) is 17.1 Å². The van der Waals surface area contributed by atoms with Crippen molar-refractivity contribution in [1.82, 2.24) is 24.9 Å². The molecular weight excluding hydrogens is 523 g/mol. The molecule has 13 heteroatoms. The first-order valence-corrected chi connectivity index (χ1v) is 12.1. The van der Waals surface area contributed by atoms with E-state index in [1.54, 1.807) is 19.2 Å². The van der Waals surface area contributed by atoms with Gasteiger partial charge in [0, 0.05) is 41.7 Å². The highest BCUT2D eigenvalue weighted by atomic mass is 19.4. The van der Waals surface area contributed by atoms with E-state index in [-0.39, 0.29) is 36.4 Å². The number of benzene rings is 1. The Bertz CT molecular complexity index is 1510. The summed E-state index contributed by atoms with van der Waals surface area (Å²) in [5.41, 5.74) is 0.532. The fraction of sp³-hybridized carbons (Fsp3) is 0.346. The third kappa shape index (κ3) is 5.25. The van der Waals surface area contributed by atoms with E-state index in [1.165, 1.54) is 36.1 Å². The Morgan fingerprint density at radius 2 is 1.85 bits per heavy atom. The summed E-state index contributed by atoms with van der Waals surface area (Å²) in [4.78, 5) is 21.0. The summed E-state index contributed by atoms with van der Waals surface area (Å²) in [6, 6.07) is 5.34. The highest BCUT2D eigenvalue weighted by Gasteiger charge is 2.66. The van der Waals surface area contributed by atoms with E-state index in [0.717, 1.165) is 11.6 Å². The lowest BCUT2D eigenvalue weighted by molar-refractivity contribution is -0.165. The Labute approximate surface area is 219 Å². The van der Waals surface area contributed by atoms with Gasteiger partial charge in [0.25, 0.3) is 0 Å². The number of rotatable bonds is 8. The van der Waals surface area contributed by atoms with Crippen LogP contribution in [0.25, 0.3) is 11.1 Å². The number of halogens is 5. The standard InChI is InChI=1S/C26H23F5N6O2/c1-14-18(13-34-37(14)15(2)27)8-22-32-11-19(12-33-22)16-3-4-17(20(28)7-16)9-24(38)35-23-10-21(39-36-23)25(5-6-25)26(29,30)31/h3-4,7,10-13,15H,5-6,8-9H2,1-2H3,(H,35,36,38). The van der Waals surface area contributed by atoms with Crippen molar-refractivity contribution in [2.24, 2.45) is 0 Å². The van der Waals surface area contributed by atoms with Gasteiger partial charge >= 0.3 is 6.18 Å². The number of hydrogen-bond donors (Lipinski definition) is 1. The van der Waals surface area contributed by atoms with Crippen LogP contribution < -0.4 is 5.32 Å². The van der Waals surface area contributed by atoms with E-state index in [1.807, 2.05) is 0 Å². The molecule has 8 nitrogen and oxygen atoms in total. The van der Waals surface area contributed by atoms with E-state index >= 15 is 0 Å². The van der Waals surface area contributed by atoms with Gasteiger partial charge in [-0.15, -0.1) is 0 Å². The zero-order valence-corrected chi connectivity index (χ0v) is 20.9. The lowest BCUT2D eigenvalue weighted by atomic mass is 10.0. The molecule has 1 aliphatic rings. The van der Waals surface area contributed by atoms with Crippen LogP contribution in [-0.2, 0) is 23.1 Å². The molecule has 3 heterocycles. The second-order valence-corrected chi connectivity index (χ2v) is 9.53. The van der Waals surface area contributed by atoms with E-state index in [2.05, 4.69) is 25.5 Å². The third-order valence-corrected chi connectivity index (χ3v) is 6.82. The van der Waals surface area contributed by atoms with E-state index in [9.17, 15) is 26.7 Å². The van der Waals surface area contributed by atoms with Crippen molar-refractivity contribution in [1.29, 1.82) is 0 Å². The molecule has 3 aromatic heterocycles. The first-order chi connectivity index (χ1) is 18.5. The minimum Gasteiger partial charge on any atom is -0.358 e. The maximum Gasteiger partial charge on any atom is 0.401 e. The molecule has 1 aromatic carbocycles. The van der Waals surface area contributed by atoms with E-state index in [0.29, 0.717) is 29.1 Å². The number of anilines is 1.